The van der Waals surface area contributed by atoms with E-state index in [-0.39, 0.29) is 0 Å². The molecule has 1 heterocycles. The highest BCUT2D eigenvalue weighted by Crippen LogP contribution is 2.28. The van der Waals surface area contributed by atoms with E-state index in [0.29, 0.717) is 23.5 Å². The van der Waals surface area contributed by atoms with Gasteiger partial charge in [-0.1, -0.05) is 0 Å². The standard InChI is InChI=1S/C14H24N2O4S/c1-14(2,3)20-13(19)16-11-7-9(8-21-11)12(18)10(17)5-6-15-4/h7-8,10,12,15,17-18H,5-6H2,1-4H3,(H,16,19). The summed E-state index contributed by atoms with van der Waals surface area (Å²) in [5, 5.41) is 27.7. The van der Waals surface area contributed by atoms with E-state index < -0.39 is 23.9 Å². The Kier molecular flexibility index (Phi) is 6.60. The summed E-state index contributed by atoms with van der Waals surface area (Å²) < 4.78 is 5.15. The zero-order valence-corrected chi connectivity index (χ0v) is 13.7. The number of aliphatic hydroxyl groups excluding tert-OH is 2. The van der Waals surface area contributed by atoms with Crippen molar-refractivity contribution in [2.75, 3.05) is 18.9 Å². The van der Waals surface area contributed by atoms with Crippen molar-refractivity contribution < 1.29 is 19.7 Å². The van der Waals surface area contributed by atoms with Crippen molar-refractivity contribution in [1.82, 2.24) is 5.32 Å². The molecular weight excluding hydrogens is 292 g/mol. The Morgan fingerprint density at radius 1 is 1.43 bits per heavy atom. The normalized spacial score (nSPS) is 14.6. The fourth-order valence-corrected chi connectivity index (χ4v) is 2.46. The van der Waals surface area contributed by atoms with Gasteiger partial charge in [0.2, 0.25) is 0 Å². The van der Waals surface area contributed by atoms with E-state index in [2.05, 4.69) is 10.6 Å². The van der Waals surface area contributed by atoms with Gasteiger partial charge in [-0.15, -0.1) is 11.3 Å². The Balaban J connectivity index is 2.58. The van der Waals surface area contributed by atoms with Crippen LogP contribution in [0.4, 0.5) is 9.80 Å². The van der Waals surface area contributed by atoms with Crippen molar-refractivity contribution >= 4 is 22.4 Å². The lowest BCUT2D eigenvalue weighted by Crippen LogP contribution is -2.27. The van der Waals surface area contributed by atoms with Gasteiger partial charge >= 0.3 is 6.09 Å². The van der Waals surface area contributed by atoms with Gasteiger partial charge in [0.15, 0.2) is 0 Å². The predicted molar refractivity (Wildman–Crippen MR) is 83.7 cm³/mol. The van der Waals surface area contributed by atoms with Crippen LogP contribution in [0.1, 0.15) is 38.9 Å². The van der Waals surface area contributed by atoms with Gasteiger partial charge < -0.3 is 20.3 Å². The molecule has 1 rings (SSSR count). The second kappa shape index (κ2) is 7.74. The molecule has 4 N–H and O–H groups in total. The Bertz CT molecular complexity index is 456. The minimum Gasteiger partial charge on any atom is -0.444 e. The third-order valence-corrected chi connectivity index (χ3v) is 3.50. The third-order valence-electron chi connectivity index (χ3n) is 2.64. The molecule has 0 saturated carbocycles. The van der Waals surface area contributed by atoms with Gasteiger partial charge in [-0.25, -0.2) is 4.79 Å². The molecule has 0 bridgehead atoms. The lowest BCUT2D eigenvalue weighted by molar-refractivity contribution is 0.0143. The van der Waals surface area contributed by atoms with Crippen LogP contribution in [-0.4, -0.2) is 41.6 Å². The fraction of sp³-hybridized carbons (Fsp3) is 0.643. The average Bonchev–Trinajstić information content (AvgIpc) is 2.80. The minimum absolute atomic E-state index is 0.447. The molecule has 1 aromatic rings. The molecule has 2 unspecified atom stereocenters. The number of ether oxygens (including phenoxy) is 1. The molecule has 1 amide bonds. The van der Waals surface area contributed by atoms with E-state index in [9.17, 15) is 15.0 Å². The number of anilines is 1. The molecule has 2 atom stereocenters. The average molecular weight is 316 g/mol. The van der Waals surface area contributed by atoms with E-state index in [1.54, 1.807) is 39.3 Å². The van der Waals surface area contributed by atoms with Gasteiger partial charge in [-0.2, -0.15) is 0 Å². The summed E-state index contributed by atoms with van der Waals surface area (Å²) in [6.07, 6.45) is -1.91. The molecule has 0 spiro atoms. The Hall–Kier alpha value is -1.15. The first-order valence-corrected chi connectivity index (χ1v) is 7.70. The molecule has 7 heteroatoms. The SMILES string of the molecule is CNCCC(O)C(O)c1csc(NC(=O)OC(C)(C)C)c1. The number of hydrogen-bond donors (Lipinski definition) is 4. The van der Waals surface area contributed by atoms with E-state index in [1.165, 1.54) is 11.3 Å². The first-order chi connectivity index (χ1) is 9.73. The topological polar surface area (TPSA) is 90.8 Å². The Morgan fingerprint density at radius 2 is 2.10 bits per heavy atom. The van der Waals surface area contributed by atoms with Crippen LogP contribution in [0.5, 0.6) is 0 Å². The molecule has 0 aliphatic heterocycles. The summed E-state index contributed by atoms with van der Waals surface area (Å²) >= 11 is 1.27. The minimum atomic E-state index is -0.969. The maximum atomic E-state index is 11.6. The number of amides is 1. The Labute approximate surface area is 129 Å². The monoisotopic (exact) mass is 316 g/mol. The number of thiophene rings is 1. The molecular formula is C14H24N2O4S. The van der Waals surface area contributed by atoms with Crippen molar-refractivity contribution in [1.29, 1.82) is 0 Å². The van der Waals surface area contributed by atoms with E-state index in [1.807, 2.05) is 0 Å². The van der Waals surface area contributed by atoms with Crippen molar-refractivity contribution in [2.24, 2.45) is 0 Å². The molecule has 0 aromatic carbocycles. The first-order valence-electron chi connectivity index (χ1n) is 6.82. The summed E-state index contributed by atoms with van der Waals surface area (Å²) in [7, 11) is 1.78. The lowest BCUT2D eigenvalue weighted by atomic mass is 10.1. The molecule has 120 valence electrons. The molecule has 0 saturated heterocycles. The number of rotatable bonds is 6. The maximum Gasteiger partial charge on any atom is 0.412 e. The van der Waals surface area contributed by atoms with Crippen molar-refractivity contribution in [3.8, 4) is 0 Å². The van der Waals surface area contributed by atoms with E-state index >= 15 is 0 Å². The molecule has 6 nitrogen and oxygen atoms in total. The first kappa shape index (κ1) is 17.9. The molecule has 0 aliphatic carbocycles. The summed E-state index contributed by atoms with van der Waals surface area (Å²) in [4.78, 5) is 11.6. The molecule has 1 aromatic heterocycles. The zero-order chi connectivity index (χ0) is 16.0. The fourth-order valence-electron chi connectivity index (χ4n) is 1.65. The summed E-state index contributed by atoms with van der Waals surface area (Å²) in [6.45, 7) is 5.97. The zero-order valence-electron chi connectivity index (χ0n) is 12.8. The molecule has 21 heavy (non-hydrogen) atoms. The molecule has 0 aliphatic rings. The van der Waals surface area contributed by atoms with Crippen LogP contribution in [0.15, 0.2) is 11.4 Å². The maximum absolute atomic E-state index is 11.6. The van der Waals surface area contributed by atoms with Crippen LogP contribution < -0.4 is 10.6 Å². The van der Waals surface area contributed by atoms with Crippen LogP contribution in [0, 0.1) is 0 Å². The van der Waals surface area contributed by atoms with Crippen LogP contribution in [-0.2, 0) is 4.74 Å². The summed E-state index contributed by atoms with van der Waals surface area (Å²) in [5.74, 6) is 0. The molecule has 0 radical (unpaired) electrons. The quantitative estimate of drug-likeness (QED) is 0.645. The highest BCUT2D eigenvalue weighted by molar-refractivity contribution is 7.14. The van der Waals surface area contributed by atoms with Gasteiger partial charge in [0.25, 0.3) is 0 Å². The Morgan fingerprint density at radius 3 is 2.67 bits per heavy atom. The number of carbonyl (C=O) groups excluding carboxylic acids is 1. The van der Waals surface area contributed by atoms with Crippen molar-refractivity contribution in [3.05, 3.63) is 17.0 Å². The molecule has 0 fully saturated rings. The van der Waals surface area contributed by atoms with Crippen LogP contribution >= 0.6 is 11.3 Å². The highest BCUT2D eigenvalue weighted by atomic mass is 32.1. The van der Waals surface area contributed by atoms with Gasteiger partial charge in [0, 0.05) is 0 Å². The van der Waals surface area contributed by atoms with E-state index in [4.69, 9.17) is 4.74 Å². The number of hydrogen-bond acceptors (Lipinski definition) is 6. The van der Waals surface area contributed by atoms with Crippen molar-refractivity contribution in [3.63, 3.8) is 0 Å². The second-order valence-corrected chi connectivity index (χ2v) is 6.69. The number of nitrogens with one attached hydrogen (secondary N) is 2. The van der Waals surface area contributed by atoms with Gasteiger partial charge in [0.05, 0.1) is 11.1 Å². The van der Waals surface area contributed by atoms with Gasteiger partial charge in [0.1, 0.15) is 11.7 Å². The summed E-state index contributed by atoms with van der Waals surface area (Å²) in [5.41, 5.74) is 0.0159. The highest BCUT2D eigenvalue weighted by Gasteiger charge is 2.21. The van der Waals surface area contributed by atoms with Gasteiger partial charge in [-0.05, 0) is 57.8 Å². The van der Waals surface area contributed by atoms with E-state index in [0.717, 1.165) is 0 Å². The van der Waals surface area contributed by atoms with Gasteiger partial charge in [-0.3, -0.25) is 5.32 Å². The third kappa shape index (κ3) is 6.43. The second-order valence-electron chi connectivity index (χ2n) is 5.78. The predicted octanol–water partition coefficient (Wildman–Crippen LogP) is 2.10. The lowest BCUT2D eigenvalue weighted by Gasteiger charge is -2.19. The summed E-state index contributed by atoms with van der Waals surface area (Å²) in [6, 6.07) is 1.64. The number of aliphatic hydroxyl groups is 2. The van der Waals surface area contributed by atoms with Crippen LogP contribution in [0.25, 0.3) is 0 Å². The largest absolute Gasteiger partial charge is 0.444 e. The van der Waals surface area contributed by atoms with Crippen LogP contribution in [0.3, 0.4) is 0 Å². The smallest absolute Gasteiger partial charge is 0.412 e. The van der Waals surface area contributed by atoms with Crippen molar-refractivity contribution in [2.45, 2.75) is 45.0 Å². The van der Waals surface area contributed by atoms with Crippen LogP contribution in [0.2, 0.25) is 0 Å². The number of carbonyl (C=O) groups is 1.